The van der Waals surface area contributed by atoms with E-state index in [1.807, 2.05) is 0 Å². The third kappa shape index (κ3) is 4.60. The average molecular weight is 332 g/mol. The Morgan fingerprint density at radius 3 is 2.78 bits per heavy atom. The van der Waals surface area contributed by atoms with Gasteiger partial charge in [0.1, 0.15) is 18.0 Å². The molecule has 8 nitrogen and oxygen atoms in total. The van der Waals surface area contributed by atoms with Gasteiger partial charge in [-0.1, -0.05) is 11.8 Å². The van der Waals surface area contributed by atoms with Crippen molar-refractivity contribution >= 4 is 29.3 Å². The van der Waals surface area contributed by atoms with Crippen LogP contribution in [0.25, 0.3) is 0 Å². The van der Waals surface area contributed by atoms with Gasteiger partial charge in [0.15, 0.2) is 5.16 Å². The number of amides is 1. The Kier molecular flexibility index (Phi) is 5.33. The molecular formula is C14H16N6O2S. The van der Waals surface area contributed by atoms with E-state index >= 15 is 0 Å². The topological polar surface area (TPSA) is 93.1 Å². The highest BCUT2D eigenvalue weighted by Crippen LogP contribution is 2.16. The van der Waals surface area contributed by atoms with Crippen LogP contribution in [0.2, 0.25) is 0 Å². The molecule has 1 saturated heterocycles. The van der Waals surface area contributed by atoms with Crippen molar-refractivity contribution in [1.82, 2.24) is 19.9 Å². The Hall–Kier alpha value is -2.26. The SMILES string of the molecule is O=C(CSc1ncccn1)Nc1cc(N2CCOCC2)ncn1. The lowest BCUT2D eigenvalue weighted by molar-refractivity contribution is -0.113. The van der Waals surface area contributed by atoms with Crippen LogP contribution < -0.4 is 10.2 Å². The highest BCUT2D eigenvalue weighted by Gasteiger charge is 2.14. The number of nitrogens with zero attached hydrogens (tertiary/aromatic N) is 5. The van der Waals surface area contributed by atoms with Gasteiger partial charge in [-0.3, -0.25) is 4.79 Å². The van der Waals surface area contributed by atoms with Crippen molar-refractivity contribution in [3.8, 4) is 0 Å². The summed E-state index contributed by atoms with van der Waals surface area (Å²) in [5.41, 5.74) is 0. The predicted octanol–water partition coefficient (Wildman–Crippen LogP) is 0.834. The Morgan fingerprint density at radius 2 is 2.00 bits per heavy atom. The van der Waals surface area contributed by atoms with Crippen molar-refractivity contribution < 1.29 is 9.53 Å². The van der Waals surface area contributed by atoms with Gasteiger partial charge in [-0.05, 0) is 6.07 Å². The fourth-order valence-corrected chi connectivity index (χ4v) is 2.65. The molecule has 0 radical (unpaired) electrons. The van der Waals surface area contributed by atoms with E-state index in [-0.39, 0.29) is 11.7 Å². The van der Waals surface area contributed by atoms with Crippen LogP contribution in [0.1, 0.15) is 0 Å². The largest absolute Gasteiger partial charge is 0.378 e. The summed E-state index contributed by atoms with van der Waals surface area (Å²) >= 11 is 1.28. The summed E-state index contributed by atoms with van der Waals surface area (Å²) in [5.74, 6) is 1.34. The zero-order chi connectivity index (χ0) is 15.9. The van der Waals surface area contributed by atoms with Gasteiger partial charge in [0, 0.05) is 31.5 Å². The lowest BCUT2D eigenvalue weighted by Gasteiger charge is -2.27. The number of carbonyl (C=O) groups excluding carboxylic acids is 1. The van der Waals surface area contributed by atoms with E-state index in [1.54, 1.807) is 24.5 Å². The molecule has 3 rings (SSSR count). The molecule has 1 fully saturated rings. The first-order valence-corrected chi connectivity index (χ1v) is 8.14. The number of hydrogen-bond donors (Lipinski definition) is 1. The third-order valence-electron chi connectivity index (χ3n) is 3.13. The zero-order valence-electron chi connectivity index (χ0n) is 12.4. The molecular weight excluding hydrogens is 316 g/mol. The number of nitrogens with one attached hydrogen (secondary N) is 1. The Balaban J connectivity index is 1.55. The molecule has 3 heterocycles. The smallest absolute Gasteiger partial charge is 0.236 e. The Labute approximate surface area is 137 Å². The summed E-state index contributed by atoms with van der Waals surface area (Å²) in [6, 6.07) is 3.51. The number of rotatable bonds is 5. The number of hydrogen-bond acceptors (Lipinski definition) is 8. The fourth-order valence-electron chi connectivity index (χ4n) is 2.05. The van der Waals surface area contributed by atoms with E-state index in [0.29, 0.717) is 24.2 Å². The lowest BCUT2D eigenvalue weighted by Crippen LogP contribution is -2.36. The second-order valence-electron chi connectivity index (χ2n) is 4.73. The van der Waals surface area contributed by atoms with Gasteiger partial charge in [0.05, 0.1) is 19.0 Å². The minimum atomic E-state index is -0.158. The number of ether oxygens (including phenoxy) is 1. The number of aromatic nitrogens is 4. The fraction of sp³-hybridized carbons (Fsp3) is 0.357. The van der Waals surface area contributed by atoms with Crippen LogP contribution in [0.3, 0.4) is 0 Å². The van der Waals surface area contributed by atoms with E-state index in [9.17, 15) is 4.79 Å². The van der Waals surface area contributed by atoms with Gasteiger partial charge in [-0.25, -0.2) is 19.9 Å². The molecule has 2 aromatic rings. The van der Waals surface area contributed by atoms with Gasteiger partial charge in [-0.15, -0.1) is 0 Å². The minimum absolute atomic E-state index is 0.158. The van der Waals surface area contributed by atoms with Crippen LogP contribution in [0.4, 0.5) is 11.6 Å². The molecule has 120 valence electrons. The van der Waals surface area contributed by atoms with Crippen LogP contribution in [-0.2, 0) is 9.53 Å². The van der Waals surface area contributed by atoms with Crippen molar-refractivity contribution in [1.29, 1.82) is 0 Å². The highest BCUT2D eigenvalue weighted by atomic mass is 32.2. The molecule has 0 aromatic carbocycles. The molecule has 9 heteroatoms. The second-order valence-corrected chi connectivity index (χ2v) is 5.67. The second kappa shape index (κ2) is 7.84. The minimum Gasteiger partial charge on any atom is -0.378 e. The van der Waals surface area contributed by atoms with Crippen molar-refractivity contribution in [3.05, 3.63) is 30.9 Å². The van der Waals surface area contributed by atoms with E-state index in [2.05, 4.69) is 30.2 Å². The summed E-state index contributed by atoms with van der Waals surface area (Å²) in [4.78, 5) is 30.6. The van der Waals surface area contributed by atoms with E-state index < -0.39 is 0 Å². The molecule has 0 bridgehead atoms. The third-order valence-corrected chi connectivity index (χ3v) is 4.01. The predicted molar refractivity (Wildman–Crippen MR) is 86.4 cm³/mol. The molecule has 23 heavy (non-hydrogen) atoms. The highest BCUT2D eigenvalue weighted by molar-refractivity contribution is 7.99. The van der Waals surface area contributed by atoms with Crippen LogP contribution in [0.15, 0.2) is 36.0 Å². The number of anilines is 2. The molecule has 0 spiro atoms. The maximum absolute atomic E-state index is 12.0. The zero-order valence-corrected chi connectivity index (χ0v) is 13.2. The van der Waals surface area contributed by atoms with E-state index in [4.69, 9.17) is 4.74 Å². The van der Waals surface area contributed by atoms with Gasteiger partial charge in [-0.2, -0.15) is 0 Å². The maximum Gasteiger partial charge on any atom is 0.236 e. The summed E-state index contributed by atoms with van der Waals surface area (Å²) in [7, 11) is 0. The summed E-state index contributed by atoms with van der Waals surface area (Å²) < 4.78 is 5.32. The number of carbonyl (C=O) groups is 1. The molecule has 0 aliphatic carbocycles. The monoisotopic (exact) mass is 332 g/mol. The molecule has 0 saturated carbocycles. The Bertz CT molecular complexity index is 651. The Morgan fingerprint density at radius 1 is 1.22 bits per heavy atom. The van der Waals surface area contributed by atoms with Crippen molar-refractivity contribution in [2.75, 3.05) is 42.3 Å². The first kappa shape index (κ1) is 15.6. The van der Waals surface area contributed by atoms with Crippen LogP contribution in [0, 0.1) is 0 Å². The number of morpholine rings is 1. The van der Waals surface area contributed by atoms with Crippen molar-refractivity contribution in [2.24, 2.45) is 0 Å². The molecule has 1 aliphatic heterocycles. The van der Waals surface area contributed by atoms with E-state index in [1.165, 1.54) is 18.1 Å². The van der Waals surface area contributed by atoms with Crippen molar-refractivity contribution in [3.63, 3.8) is 0 Å². The molecule has 1 aliphatic rings. The van der Waals surface area contributed by atoms with Crippen molar-refractivity contribution in [2.45, 2.75) is 5.16 Å². The van der Waals surface area contributed by atoms with Crippen LogP contribution >= 0.6 is 11.8 Å². The number of thioether (sulfide) groups is 1. The van der Waals surface area contributed by atoms with Gasteiger partial charge >= 0.3 is 0 Å². The molecule has 2 aromatic heterocycles. The molecule has 0 atom stereocenters. The van der Waals surface area contributed by atoms with Crippen LogP contribution in [0.5, 0.6) is 0 Å². The molecule has 0 unspecified atom stereocenters. The maximum atomic E-state index is 12.0. The van der Waals surface area contributed by atoms with Gasteiger partial charge in [0.25, 0.3) is 0 Å². The summed E-state index contributed by atoms with van der Waals surface area (Å²) in [5, 5.41) is 3.34. The summed E-state index contributed by atoms with van der Waals surface area (Å²) in [6.45, 7) is 2.93. The normalized spacial score (nSPS) is 14.5. The first-order valence-electron chi connectivity index (χ1n) is 7.16. The van der Waals surface area contributed by atoms with Gasteiger partial charge in [0.2, 0.25) is 5.91 Å². The molecule has 1 amide bonds. The van der Waals surface area contributed by atoms with E-state index in [0.717, 1.165) is 18.9 Å². The lowest BCUT2D eigenvalue weighted by atomic mass is 10.4. The average Bonchev–Trinajstić information content (AvgIpc) is 2.62. The first-order chi connectivity index (χ1) is 11.3. The standard InChI is InChI=1S/C14H16N6O2S/c21-13(9-23-14-15-2-1-3-16-14)19-11-8-12(18-10-17-11)20-4-6-22-7-5-20/h1-3,8,10H,4-7,9H2,(H,17,18,19,21). The molecule has 1 N–H and O–H groups in total. The summed E-state index contributed by atoms with van der Waals surface area (Å²) in [6.07, 6.45) is 4.74. The quantitative estimate of drug-likeness (QED) is 0.636. The van der Waals surface area contributed by atoms with Crippen LogP contribution in [-0.4, -0.2) is 57.9 Å². The van der Waals surface area contributed by atoms with Gasteiger partial charge < -0.3 is 15.0 Å².